The van der Waals surface area contributed by atoms with Crippen molar-refractivity contribution >= 4 is 11.3 Å². The summed E-state index contributed by atoms with van der Waals surface area (Å²) >= 11 is -1.94. The first-order valence-corrected chi connectivity index (χ1v) is 3.98. The van der Waals surface area contributed by atoms with Gasteiger partial charge in [0.15, 0.2) is 0 Å². The van der Waals surface area contributed by atoms with Crippen LogP contribution in [0.1, 0.15) is 13.8 Å². The predicted molar refractivity (Wildman–Crippen MR) is 39.9 cm³/mol. The number of rotatable bonds is 4. The van der Waals surface area contributed by atoms with Crippen LogP contribution in [0.5, 0.6) is 0 Å². The van der Waals surface area contributed by atoms with Gasteiger partial charge in [0.1, 0.15) is 0 Å². The number of methoxy groups -OCH3 is 1. The van der Waals surface area contributed by atoms with E-state index >= 15 is 0 Å². The molecule has 0 aliphatic carbocycles. The zero-order chi connectivity index (χ0) is 8.20. The third-order valence-electron chi connectivity index (χ3n) is 1.17. The highest BCUT2D eigenvalue weighted by Crippen LogP contribution is 2.04. The molecule has 0 aliphatic heterocycles. The molecule has 4 nitrogen and oxygen atoms in total. The monoisotopic (exact) mass is 167 g/mol. The van der Waals surface area contributed by atoms with Gasteiger partial charge in [-0.1, -0.05) is 0 Å². The predicted octanol–water partition coefficient (Wildman–Crippen LogP) is 0.138. The Morgan fingerprint density at radius 1 is 1.70 bits per heavy atom. The van der Waals surface area contributed by atoms with Crippen molar-refractivity contribution < 1.29 is 13.5 Å². The lowest BCUT2D eigenvalue weighted by atomic mass is 10.1. The first-order valence-electron chi connectivity index (χ1n) is 2.87. The zero-order valence-corrected chi connectivity index (χ0v) is 7.20. The molecule has 10 heavy (non-hydrogen) atoms. The zero-order valence-electron chi connectivity index (χ0n) is 6.38. The van der Waals surface area contributed by atoms with E-state index in [1.807, 2.05) is 13.8 Å². The maximum atomic E-state index is 10.1. The SMILES string of the molecule is COC(C)(C)CNS(=O)O. The first-order chi connectivity index (χ1) is 4.48. The minimum Gasteiger partial charge on any atom is -0.377 e. The Bertz CT molecular complexity index is 126. The molecule has 0 bridgehead atoms. The summed E-state index contributed by atoms with van der Waals surface area (Å²) in [5.41, 5.74) is -0.390. The van der Waals surface area contributed by atoms with Gasteiger partial charge in [-0.3, -0.25) is 4.55 Å². The highest BCUT2D eigenvalue weighted by Gasteiger charge is 2.16. The minimum absolute atomic E-state index is 0.354. The smallest absolute Gasteiger partial charge is 0.231 e. The van der Waals surface area contributed by atoms with Crippen LogP contribution in [0.4, 0.5) is 0 Å². The average molecular weight is 167 g/mol. The third kappa shape index (κ3) is 4.87. The van der Waals surface area contributed by atoms with Gasteiger partial charge in [0.2, 0.25) is 11.3 Å². The fourth-order valence-electron chi connectivity index (χ4n) is 0.308. The molecule has 0 aromatic carbocycles. The Morgan fingerprint density at radius 2 is 2.20 bits per heavy atom. The van der Waals surface area contributed by atoms with Crippen molar-refractivity contribution in [3.8, 4) is 0 Å². The Morgan fingerprint density at radius 3 is 2.50 bits per heavy atom. The second-order valence-electron chi connectivity index (χ2n) is 2.53. The number of ether oxygens (including phenoxy) is 1. The van der Waals surface area contributed by atoms with Gasteiger partial charge in [0, 0.05) is 13.7 Å². The van der Waals surface area contributed by atoms with E-state index in [1.165, 1.54) is 0 Å². The molecule has 1 unspecified atom stereocenters. The van der Waals surface area contributed by atoms with Gasteiger partial charge in [-0.2, -0.15) is 0 Å². The molecular formula is C5H13NO3S. The lowest BCUT2D eigenvalue weighted by Gasteiger charge is -2.21. The van der Waals surface area contributed by atoms with E-state index < -0.39 is 16.9 Å². The van der Waals surface area contributed by atoms with E-state index in [4.69, 9.17) is 9.29 Å². The summed E-state index contributed by atoms with van der Waals surface area (Å²) in [5.74, 6) is 0. The van der Waals surface area contributed by atoms with Crippen LogP contribution in [-0.2, 0) is 16.0 Å². The Balaban J connectivity index is 3.56. The summed E-state index contributed by atoms with van der Waals surface area (Å²) in [6.45, 7) is 4.01. The molecule has 0 fully saturated rings. The van der Waals surface area contributed by atoms with Crippen LogP contribution in [0, 0.1) is 0 Å². The van der Waals surface area contributed by atoms with Crippen LogP contribution >= 0.6 is 0 Å². The van der Waals surface area contributed by atoms with E-state index in [0.717, 1.165) is 0 Å². The van der Waals surface area contributed by atoms with Crippen molar-refractivity contribution in [3.63, 3.8) is 0 Å². The Labute approximate surface area is 63.4 Å². The van der Waals surface area contributed by atoms with Gasteiger partial charge in [-0.25, -0.2) is 8.93 Å². The fourth-order valence-corrected chi connectivity index (χ4v) is 0.779. The summed E-state index contributed by atoms with van der Waals surface area (Å²) in [7, 11) is 1.56. The van der Waals surface area contributed by atoms with Gasteiger partial charge < -0.3 is 4.74 Å². The molecular weight excluding hydrogens is 154 g/mol. The van der Waals surface area contributed by atoms with Crippen molar-refractivity contribution in [2.75, 3.05) is 13.7 Å². The second kappa shape index (κ2) is 4.02. The topological polar surface area (TPSA) is 58.6 Å². The highest BCUT2D eigenvalue weighted by atomic mass is 32.2. The summed E-state index contributed by atoms with van der Waals surface area (Å²) in [5, 5.41) is 0. The van der Waals surface area contributed by atoms with Gasteiger partial charge in [0.05, 0.1) is 5.60 Å². The largest absolute Gasteiger partial charge is 0.377 e. The van der Waals surface area contributed by atoms with Crippen molar-refractivity contribution in [1.82, 2.24) is 4.72 Å². The van der Waals surface area contributed by atoms with Crippen LogP contribution in [0.25, 0.3) is 0 Å². The summed E-state index contributed by atoms with van der Waals surface area (Å²) < 4.78 is 25.7. The van der Waals surface area contributed by atoms with Crippen molar-refractivity contribution in [3.05, 3.63) is 0 Å². The van der Waals surface area contributed by atoms with Crippen LogP contribution < -0.4 is 4.72 Å². The molecule has 0 rings (SSSR count). The molecule has 1 atom stereocenters. The van der Waals surface area contributed by atoms with Gasteiger partial charge >= 0.3 is 0 Å². The molecule has 0 heterocycles. The number of hydrogen-bond acceptors (Lipinski definition) is 2. The quantitative estimate of drug-likeness (QED) is 0.585. The normalized spacial score (nSPS) is 15.2. The lowest BCUT2D eigenvalue weighted by Crippen LogP contribution is -2.37. The molecule has 5 heteroatoms. The molecule has 0 radical (unpaired) electrons. The first kappa shape index (κ1) is 10.0. The molecule has 0 aromatic rings. The number of hydrogen-bond donors (Lipinski definition) is 2. The Hall–Kier alpha value is 0.0300. The van der Waals surface area contributed by atoms with E-state index in [0.29, 0.717) is 6.54 Å². The summed E-state index contributed by atoms with van der Waals surface area (Å²) in [6, 6.07) is 0. The standard InChI is InChI=1S/C5H13NO3S/c1-5(2,9-3)4-6-10(7)8/h6H,4H2,1-3H3,(H,7,8). The van der Waals surface area contributed by atoms with E-state index in [2.05, 4.69) is 4.72 Å². The minimum atomic E-state index is -1.94. The molecule has 0 amide bonds. The van der Waals surface area contributed by atoms with Gasteiger partial charge in [0.25, 0.3) is 0 Å². The molecule has 0 saturated heterocycles. The molecule has 2 N–H and O–H groups in total. The molecule has 0 aliphatic rings. The van der Waals surface area contributed by atoms with Crippen molar-refractivity contribution in [2.24, 2.45) is 0 Å². The molecule has 0 aromatic heterocycles. The molecule has 0 spiro atoms. The second-order valence-corrected chi connectivity index (χ2v) is 3.32. The summed E-state index contributed by atoms with van der Waals surface area (Å²) in [6.07, 6.45) is 0. The molecule has 62 valence electrons. The van der Waals surface area contributed by atoms with Crippen LogP contribution in [0.2, 0.25) is 0 Å². The van der Waals surface area contributed by atoms with Crippen LogP contribution in [0.3, 0.4) is 0 Å². The lowest BCUT2D eigenvalue weighted by molar-refractivity contribution is 0.0276. The van der Waals surface area contributed by atoms with Crippen LogP contribution in [0.15, 0.2) is 0 Å². The Kier molecular flexibility index (Phi) is 4.04. The maximum Gasteiger partial charge on any atom is 0.231 e. The average Bonchev–Trinajstić information content (AvgIpc) is 1.85. The van der Waals surface area contributed by atoms with E-state index in [-0.39, 0.29) is 0 Å². The third-order valence-corrected chi connectivity index (χ3v) is 1.57. The molecule has 0 saturated carbocycles. The highest BCUT2D eigenvalue weighted by molar-refractivity contribution is 7.77. The van der Waals surface area contributed by atoms with Crippen molar-refractivity contribution in [1.29, 1.82) is 0 Å². The van der Waals surface area contributed by atoms with E-state index in [9.17, 15) is 4.21 Å². The summed E-state index contributed by atoms with van der Waals surface area (Å²) in [4.78, 5) is 0. The van der Waals surface area contributed by atoms with Gasteiger partial charge in [-0.05, 0) is 13.8 Å². The van der Waals surface area contributed by atoms with E-state index in [1.54, 1.807) is 7.11 Å². The van der Waals surface area contributed by atoms with Crippen molar-refractivity contribution in [2.45, 2.75) is 19.4 Å². The van der Waals surface area contributed by atoms with Gasteiger partial charge in [-0.15, -0.1) is 0 Å². The fraction of sp³-hybridized carbons (Fsp3) is 1.00. The van der Waals surface area contributed by atoms with Crippen LogP contribution in [-0.4, -0.2) is 28.0 Å². The number of nitrogens with one attached hydrogen (secondary N) is 1. The maximum absolute atomic E-state index is 10.1.